The number of carbonyl (C=O) groups is 2. The maximum Gasteiger partial charge on any atom is 0.271 e. The van der Waals surface area contributed by atoms with Crippen LogP contribution in [0.2, 0.25) is 0 Å². The summed E-state index contributed by atoms with van der Waals surface area (Å²) in [6.45, 7) is 2.50. The number of hydrogen-bond acceptors (Lipinski definition) is 6. The van der Waals surface area contributed by atoms with Crippen molar-refractivity contribution in [2.45, 2.75) is 25.3 Å². The number of hydrogen-bond donors (Lipinski definition) is 1. The van der Waals surface area contributed by atoms with Crippen LogP contribution in [0.5, 0.6) is 0 Å². The van der Waals surface area contributed by atoms with Gasteiger partial charge in [0.25, 0.3) is 5.91 Å². The van der Waals surface area contributed by atoms with Crippen LogP contribution in [0.3, 0.4) is 0 Å². The van der Waals surface area contributed by atoms with Crippen molar-refractivity contribution in [3.05, 3.63) is 35.2 Å². The van der Waals surface area contributed by atoms with Crippen LogP contribution in [0, 0.1) is 6.92 Å². The topological polar surface area (TPSA) is 93.0 Å². The highest BCUT2D eigenvalue weighted by atomic mass is 32.1. The molecule has 4 heterocycles. The smallest absolute Gasteiger partial charge is 0.271 e. The van der Waals surface area contributed by atoms with Crippen LogP contribution in [0.25, 0.3) is 10.3 Å². The highest BCUT2D eigenvalue weighted by Crippen LogP contribution is 2.50. The van der Waals surface area contributed by atoms with Gasteiger partial charge in [-0.1, -0.05) is 0 Å². The Kier molecular flexibility index (Phi) is 3.17. The lowest BCUT2D eigenvalue weighted by molar-refractivity contribution is -0.117. The predicted molar refractivity (Wildman–Crippen MR) is 96.1 cm³/mol. The maximum absolute atomic E-state index is 12.9. The van der Waals surface area contributed by atoms with Crippen molar-refractivity contribution in [2.75, 3.05) is 18.4 Å². The second-order valence-corrected chi connectivity index (χ2v) is 8.03. The van der Waals surface area contributed by atoms with Crippen LogP contribution >= 0.6 is 11.3 Å². The van der Waals surface area contributed by atoms with E-state index in [1.54, 1.807) is 34.7 Å². The van der Waals surface area contributed by atoms with Crippen LogP contribution < -0.4 is 5.32 Å². The zero-order valence-corrected chi connectivity index (χ0v) is 14.9. The molecule has 3 aromatic rings. The fourth-order valence-electron chi connectivity index (χ4n) is 3.64. The van der Waals surface area contributed by atoms with Gasteiger partial charge in [0.1, 0.15) is 12.2 Å². The summed E-state index contributed by atoms with van der Waals surface area (Å²) in [5, 5.41) is 3.64. The largest absolute Gasteiger partial charge is 0.326 e. The Morgan fingerprint density at radius 1 is 1.35 bits per heavy atom. The first-order valence-corrected chi connectivity index (χ1v) is 9.23. The quantitative estimate of drug-likeness (QED) is 0.761. The molecule has 8 nitrogen and oxygen atoms in total. The Bertz CT molecular complexity index is 1040. The molecular formula is C17H16N6O2S. The van der Waals surface area contributed by atoms with E-state index in [-0.39, 0.29) is 29.8 Å². The Labute approximate surface area is 152 Å². The van der Waals surface area contributed by atoms with Crippen molar-refractivity contribution >= 4 is 39.4 Å². The fourth-order valence-corrected chi connectivity index (χ4v) is 4.49. The minimum Gasteiger partial charge on any atom is -0.326 e. The molecular weight excluding hydrogens is 352 g/mol. The molecule has 2 amide bonds. The van der Waals surface area contributed by atoms with Gasteiger partial charge in [0.05, 0.1) is 15.2 Å². The number of fused-ring (bicyclic) bond motifs is 4. The van der Waals surface area contributed by atoms with Crippen LogP contribution in [0.1, 0.15) is 28.3 Å². The Morgan fingerprint density at radius 2 is 2.12 bits per heavy atom. The zero-order chi connectivity index (χ0) is 17.9. The molecule has 1 spiro atoms. The molecule has 0 atom stereocenters. The molecule has 0 radical (unpaired) electrons. The van der Waals surface area contributed by atoms with Gasteiger partial charge >= 0.3 is 0 Å². The third kappa shape index (κ3) is 2.31. The molecule has 0 unspecified atom stereocenters. The molecule has 1 aliphatic heterocycles. The molecule has 3 aromatic heterocycles. The molecule has 5 rings (SSSR count). The number of aromatic nitrogens is 4. The summed E-state index contributed by atoms with van der Waals surface area (Å²) in [5.41, 5.74) is 1.41. The lowest BCUT2D eigenvalue weighted by Crippen LogP contribution is -2.49. The second-order valence-electron chi connectivity index (χ2n) is 6.79. The molecule has 26 heavy (non-hydrogen) atoms. The number of aryl methyl sites for hydroxylation is 1. The lowest BCUT2D eigenvalue weighted by Gasteiger charge is -2.34. The first-order chi connectivity index (χ1) is 12.6. The minimum atomic E-state index is -0.295. The summed E-state index contributed by atoms with van der Waals surface area (Å²) in [6, 6.07) is 3.59. The summed E-state index contributed by atoms with van der Waals surface area (Å²) in [5.74, 6) is -0.183. The van der Waals surface area contributed by atoms with Crippen LogP contribution in [-0.2, 0) is 10.3 Å². The monoisotopic (exact) mass is 368 g/mol. The van der Waals surface area contributed by atoms with Crippen molar-refractivity contribution < 1.29 is 9.59 Å². The average molecular weight is 368 g/mol. The third-order valence-electron chi connectivity index (χ3n) is 4.91. The number of carbonyl (C=O) groups excluding carboxylic acids is 2. The van der Waals surface area contributed by atoms with Gasteiger partial charge in [0.2, 0.25) is 11.9 Å². The fraction of sp³-hybridized carbons (Fsp3) is 0.353. The van der Waals surface area contributed by atoms with E-state index in [2.05, 4.69) is 24.8 Å². The number of anilines is 1. The molecule has 1 N–H and O–H groups in total. The molecule has 1 saturated carbocycles. The van der Waals surface area contributed by atoms with Gasteiger partial charge in [-0.15, -0.1) is 11.3 Å². The highest BCUT2D eigenvalue weighted by molar-refractivity contribution is 7.18. The second kappa shape index (κ2) is 5.34. The van der Waals surface area contributed by atoms with Crippen molar-refractivity contribution in [3.8, 4) is 0 Å². The van der Waals surface area contributed by atoms with E-state index in [0.717, 1.165) is 28.2 Å². The van der Waals surface area contributed by atoms with Gasteiger partial charge in [0, 0.05) is 18.9 Å². The molecule has 0 bridgehead atoms. The Morgan fingerprint density at radius 3 is 2.85 bits per heavy atom. The number of amides is 2. The summed E-state index contributed by atoms with van der Waals surface area (Å²) >= 11 is 1.59. The molecule has 9 heteroatoms. The maximum atomic E-state index is 12.9. The van der Waals surface area contributed by atoms with Gasteiger partial charge in [-0.2, -0.15) is 0 Å². The van der Waals surface area contributed by atoms with Gasteiger partial charge in [0.15, 0.2) is 5.65 Å². The molecule has 0 saturated heterocycles. The van der Waals surface area contributed by atoms with Crippen molar-refractivity contribution in [2.24, 2.45) is 0 Å². The minimum absolute atomic E-state index is 0.00980. The van der Waals surface area contributed by atoms with Gasteiger partial charge in [-0.25, -0.2) is 15.0 Å². The molecule has 1 aliphatic carbocycles. The Hall–Kier alpha value is -2.81. The Balaban J connectivity index is 1.43. The van der Waals surface area contributed by atoms with Crippen LogP contribution in [0.15, 0.2) is 24.5 Å². The summed E-state index contributed by atoms with van der Waals surface area (Å²) in [7, 11) is 0. The van der Waals surface area contributed by atoms with E-state index in [0.29, 0.717) is 12.2 Å². The normalized spacial score (nSPS) is 17.6. The summed E-state index contributed by atoms with van der Waals surface area (Å²) < 4.78 is 3.13. The number of rotatable bonds is 3. The van der Waals surface area contributed by atoms with E-state index >= 15 is 0 Å². The van der Waals surface area contributed by atoms with E-state index in [1.807, 2.05) is 13.0 Å². The SMILES string of the molecule is Cc1nc2c(cc3n2C2(CC2)CN(CC(=O)Nc2ncccn2)C3=O)s1. The molecule has 0 aromatic carbocycles. The van der Waals surface area contributed by atoms with E-state index in [4.69, 9.17) is 0 Å². The predicted octanol–water partition coefficient (Wildman–Crippen LogP) is 1.78. The van der Waals surface area contributed by atoms with E-state index < -0.39 is 0 Å². The first-order valence-electron chi connectivity index (χ1n) is 8.41. The van der Waals surface area contributed by atoms with Crippen molar-refractivity contribution in [3.63, 3.8) is 0 Å². The molecule has 1 fully saturated rings. The zero-order valence-electron chi connectivity index (χ0n) is 14.1. The van der Waals surface area contributed by atoms with E-state index in [1.165, 1.54) is 0 Å². The number of thiazole rings is 1. The van der Waals surface area contributed by atoms with Gasteiger partial charge in [-0.3, -0.25) is 14.9 Å². The van der Waals surface area contributed by atoms with Gasteiger partial charge in [-0.05, 0) is 31.9 Å². The van der Waals surface area contributed by atoms with Crippen molar-refractivity contribution in [1.29, 1.82) is 0 Å². The van der Waals surface area contributed by atoms with Crippen LogP contribution in [0.4, 0.5) is 5.95 Å². The molecule has 2 aliphatic rings. The highest BCUT2D eigenvalue weighted by Gasteiger charge is 2.52. The van der Waals surface area contributed by atoms with Gasteiger partial charge < -0.3 is 9.47 Å². The summed E-state index contributed by atoms with van der Waals surface area (Å²) in [4.78, 5) is 39.5. The van der Waals surface area contributed by atoms with Crippen molar-refractivity contribution in [1.82, 2.24) is 24.4 Å². The summed E-state index contributed by atoms with van der Waals surface area (Å²) in [6.07, 6.45) is 5.10. The third-order valence-corrected chi connectivity index (χ3v) is 5.81. The number of nitrogens with one attached hydrogen (secondary N) is 1. The van der Waals surface area contributed by atoms with Crippen LogP contribution in [-0.4, -0.2) is 49.3 Å². The lowest BCUT2D eigenvalue weighted by atomic mass is 10.1. The van der Waals surface area contributed by atoms with E-state index in [9.17, 15) is 9.59 Å². The standard InChI is InChI=1S/C17H16N6O2S/c1-10-20-14-12(26-10)7-11-15(25)22(9-17(3-4-17)23(11)14)8-13(24)21-16-18-5-2-6-19-16/h2,5-7H,3-4,8-9H2,1H3,(H,18,19,21,24). The number of nitrogens with zero attached hydrogens (tertiary/aromatic N) is 5. The molecule has 132 valence electrons. The average Bonchev–Trinajstić information content (AvgIpc) is 3.14. The first kappa shape index (κ1) is 15.4.